The third-order valence-electron chi connectivity index (χ3n) is 5.64. The number of carbonyl (C=O) groups is 2. The van der Waals surface area contributed by atoms with E-state index < -0.39 is 11.4 Å². The summed E-state index contributed by atoms with van der Waals surface area (Å²) in [5, 5.41) is 22.6. The minimum absolute atomic E-state index is 0.00777. The molecule has 2 N–H and O–H groups in total. The molecule has 6 heteroatoms. The minimum atomic E-state index is -0.944. The predicted octanol–water partition coefficient (Wildman–Crippen LogP) is 4.11. The molecule has 2 aliphatic carbocycles. The van der Waals surface area contributed by atoms with Crippen molar-refractivity contribution in [1.82, 2.24) is 0 Å². The zero-order valence-electron chi connectivity index (χ0n) is 14.6. The third-order valence-corrected chi connectivity index (χ3v) is 6.81. The number of carboxylic acids is 1. The van der Waals surface area contributed by atoms with E-state index >= 15 is 0 Å². The highest BCUT2D eigenvalue weighted by Gasteiger charge is 2.41. The largest absolute Gasteiger partial charge is 0.481 e. The van der Waals surface area contributed by atoms with Crippen molar-refractivity contribution >= 4 is 28.2 Å². The van der Waals surface area contributed by atoms with Crippen molar-refractivity contribution in [3.63, 3.8) is 0 Å². The van der Waals surface area contributed by atoms with E-state index in [9.17, 15) is 20.0 Å². The molecule has 5 nitrogen and oxygen atoms in total. The Kier molecular flexibility index (Phi) is 5.14. The molecule has 1 unspecified atom stereocenters. The Balaban J connectivity index is 1.77. The third kappa shape index (κ3) is 3.57. The summed E-state index contributed by atoms with van der Waals surface area (Å²) in [5.74, 6) is -0.562. The first-order valence-corrected chi connectivity index (χ1v) is 9.85. The molecule has 1 heterocycles. The normalized spacial score (nSPS) is 21.8. The van der Waals surface area contributed by atoms with Crippen LogP contribution in [-0.4, -0.2) is 17.0 Å². The van der Waals surface area contributed by atoms with Crippen LogP contribution < -0.4 is 5.32 Å². The number of thiophene rings is 1. The van der Waals surface area contributed by atoms with Crippen molar-refractivity contribution in [3.05, 3.63) is 16.0 Å². The Morgan fingerprint density at radius 2 is 2.08 bits per heavy atom. The Hall–Kier alpha value is -1.87. The molecule has 0 saturated heterocycles. The van der Waals surface area contributed by atoms with E-state index in [1.807, 2.05) is 0 Å². The van der Waals surface area contributed by atoms with Gasteiger partial charge in [-0.2, -0.15) is 5.26 Å². The van der Waals surface area contributed by atoms with Crippen molar-refractivity contribution in [1.29, 1.82) is 5.26 Å². The van der Waals surface area contributed by atoms with E-state index in [0.717, 1.165) is 44.1 Å². The van der Waals surface area contributed by atoms with Gasteiger partial charge in [0.15, 0.2) is 0 Å². The summed E-state index contributed by atoms with van der Waals surface area (Å²) < 4.78 is 0. The summed E-state index contributed by atoms with van der Waals surface area (Å²) in [6.45, 7) is 2.20. The smallest absolute Gasteiger partial charge is 0.310 e. The fraction of sp³-hybridized carbons (Fsp3) is 0.632. The van der Waals surface area contributed by atoms with Crippen molar-refractivity contribution in [3.8, 4) is 6.07 Å². The van der Waals surface area contributed by atoms with Crippen LogP contribution in [0.25, 0.3) is 0 Å². The van der Waals surface area contributed by atoms with Crippen LogP contribution in [-0.2, 0) is 22.4 Å². The quantitative estimate of drug-likeness (QED) is 0.845. The van der Waals surface area contributed by atoms with Gasteiger partial charge in [0.05, 0.1) is 11.0 Å². The summed E-state index contributed by atoms with van der Waals surface area (Å²) in [5.41, 5.74) is 0.709. The maximum Gasteiger partial charge on any atom is 0.310 e. The number of hydrogen-bond donors (Lipinski definition) is 2. The van der Waals surface area contributed by atoms with Gasteiger partial charge in [-0.05, 0) is 43.6 Å². The summed E-state index contributed by atoms with van der Waals surface area (Å²) in [6, 6.07) is 2.24. The van der Waals surface area contributed by atoms with Gasteiger partial charge in [-0.25, -0.2) is 0 Å². The van der Waals surface area contributed by atoms with Crippen LogP contribution in [0.5, 0.6) is 0 Å². The molecule has 1 fully saturated rings. The first kappa shape index (κ1) is 17.9. The molecule has 134 valence electrons. The molecule has 0 spiro atoms. The van der Waals surface area contributed by atoms with Gasteiger partial charge in [0.2, 0.25) is 5.91 Å². The van der Waals surface area contributed by atoms with Crippen LogP contribution >= 0.6 is 11.3 Å². The number of rotatable bonds is 4. The highest BCUT2D eigenvalue weighted by atomic mass is 32.1. The number of hydrogen-bond acceptors (Lipinski definition) is 4. The predicted molar refractivity (Wildman–Crippen MR) is 96.6 cm³/mol. The van der Waals surface area contributed by atoms with Crippen molar-refractivity contribution in [2.45, 2.75) is 64.7 Å². The van der Waals surface area contributed by atoms with Gasteiger partial charge >= 0.3 is 5.97 Å². The number of fused-ring (bicyclic) bond motifs is 1. The first-order valence-electron chi connectivity index (χ1n) is 9.03. The molecule has 1 aromatic rings. The van der Waals surface area contributed by atoms with Crippen molar-refractivity contribution < 1.29 is 14.7 Å². The number of aliphatic carboxylic acids is 1. The SMILES string of the molecule is CC1CCc2c(sc(NC(=O)CC3(C(=O)O)CCCCC3)c2C#N)C1. The second kappa shape index (κ2) is 7.17. The number of anilines is 1. The van der Waals surface area contributed by atoms with Crippen LogP contribution in [0.15, 0.2) is 0 Å². The number of nitrogens with one attached hydrogen (secondary N) is 1. The molecular weight excluding hydrogens is 336 g/mol. The van der Waals surface area contributed by atoms with E-state index in [2.05, 4.69) is 18.3 Å². The zero-order chi connectivity index (χ0) is 18.0. The van der Waals surface area contributed by atoms with Crippen LogP contribution in [0.1, 0.15) is 67.9 Å². The number of carboxylic acid groups (broad SMARTS) is 1. The van der Waals surface area contributed by atoms with E-state index in [-0.39, 0.29) is 12.3 Å². The molecule has 0 aliphatic heterocycles. The van der Waals surface area contributed by atoms with Crippen LogP contribution in [0.2, 0.25) is 0 Å². The lowest BCUT2D eigenvalue weighted by Gasteiger charge is -2.32. The lowest BCUT2D eigenvalue weighted by atomic mass is 9.71. The van der Waals surface area contributed by atoms with Gasteiger partial charge in [0.1, 0.15) is 11.1 Å². The van der Waals surface area contributed by atoms with E-state index in [0.29, 0.717) is 29.3 Å². The molecular formula is C19H24N2O3S. The lowest BCUT2D eigenvalue weighted by Crippen LogP contribution is -2.37. The summed E-state index contributed by atoms with van der Waals surface area (Å²) >= 11 is 1.49. The van der Waals surface area contributed by atoms with Gasteiger partial charge in [0.25, 0.3) is 0 Å². The first-order chi connectivity index (χ1) is 11.9. The highest BCUT2D eigenvalue weighted by Crippen LogP contribution is 2.42. The number of nitrogens with zero attached hydrogens (tertiary/aromatic N) is 1. The molecule has 0 aromatic carbocycles. The molecule has 0 bridgehead atoms. The highest BCUT2D eigenvalue weighted by molar-refractivity contribution is 7.16. The molecule has 0 radical (unpaired) electrons. The Morgan fingerprint density at radius 1 is 1.36 bits per heavy atom. The maximum absolute atomic E-state index is 12.6. The Labute approximate surface area is 152 Å². The lowest BCUT2D eigenvalue weighted by molar-refractivity contribution is -0.153. The average Bonchev–Trinajstić information content (AvgIpc) is 2.91. The zero-order valence-corrected chi connectivity index (χ0v) is 15.4. The topological polar surface area (TPSA) is 90.2 Å². The average molecular weight is 360 g/mol. The fourth-order valence-electron chi connectivity index (χ4n) is 4.13. The Morgan fingerprint density at radius 3 is 2.72 bits per heavy atom. The standard InChI is InChI=1S/C19H24N2O3S/c1-12-5-6-13-14(11-20)17(25-15(13)9-12)21-16(22)10-19(18(23)24)7-3-2-4-8-19/h12H,2-10H2,1H3,(H,21,22)(H,23,24). The second-order valence-electron chi connectivity index (χ2n) is 7.54. The fourth-order valence-corrected chi connectivity index (χ4v) is 5.51. The second-order valence-corrected chi connectivity index (χ2v) is 8.64. The minimum Gasteiger partial charge on any atom is -0.481 e. The molecule has 1 saturated carbocycles. The maximum atomic E-state index is 12.6. The van der Waals surface area contributed by atoms with Gasteiger partial charge in [-0.15, -0.1) is 11.3 Å². The number of nitriles is 1. The monoisotopic (exact) mass is 360 g/mol. The molecule has 1 aromatic heterocycles. The van der Waals surface area contributed by atoms with Gasteiger partial charge in [0, 0.05) is 11.3 Å². The summed E-state index contributed by atoms with van der Waals surface area (Å²) in [4.78, 5) is 25.5. The molecule has 1 amide bonds. The molecule has 3 rings (SSSR count). The van der Waals surface area contributed by atoms with E-state index in [4.69, 9.17) is 0 Å². The van der Waals surface area contributed by atoms with E-state index in [1.165, 1.54) is 16.2 Å². The summed E-state index contributed by atoms with van der Waals surface area (Å²) in [6.07, 6.45) is 6.74. The van der Waals surface area contributed by atoms with Crippen LogP contribution in [0, 0.1) is 22.7 Å². The molecule has 2 aliphatic rings. The molecule has 25 heavy (non-hydrogen) atoms. The van der Waals surface area contributed by atoms with Gasteiger partial charge in [-0.3, -0.25) is 9.59 Å². The molecule has 1 atom stereocenters. The summed E-state index contributed by atoms with van der Waals surface area (Å²) in [7, 11) is 0. The van der Waals surface area contributed by atoms with E-state index in [1.54, 1.807) is 0 Å². The number of amides is 1. The van der Waals surface area contributed by atoms with Crippen molar-refractivity contribution in [2.75, 3.05) is 5.32 Å². The van der Waals surface area contributed by atoms with Crippen molar-refractivity contribution in [2.24, 2.45) is 11.3 Å². The Bertz CT molecular complexity index is 726. The number of carbonyl (C=O) groups excluding carboxylic acids is 1. The van der Waals surface area contributed by atoms with Crippen LogP contribution in [0.3, 0.4) is 0 Å². The van der Waals surface area contributed by atoms with Gasteiger partial charge in [-0.1, -0.05) is 26.2 Å². The van der Waals surface area contributed by atoms with Crippen LogP contribution in [0.4, 0.5) is 5.00 Å². The van der Waals surface area contributed by atoms with Gasteiger partial charge < -0.3 is 10.4 Å².